The van der Waals surface area contributed by atoms with E-state index in [0.717, 1.165) is 13.1 Å². The van der Waals surface area contributed by atoms with Crippen LogP contribution in [0.2, 0.25) is 0 Å². The van der Waals surface area contributed by atoms with Gasteiger partial charge in [-0.2, -0.15) is 0 Å². The summed E-state index contributed by atoms with van der Waals surface area (Å²) in [6.45, 7) is 10.3. The summed E-state index contributed by atoms with van der Waals surface area (Å²) in [5.41, 5.74) is 1.23. The first-order chi connectivity index (χ1) is 18.7. The number of nitrogens with zero attached hydrogens (tertiary/aromatic N) is 3. The average Bonchev–Trinajstić information content (AvgIpc) is 3.17. The Kier molecular flexibility index (Phi) is 8.98. The van der Waals surface area contributed by atoms with Crippen LogP contribution < -0.4 is 4.74 Å². The summed E-state index contributed by atoms with van der Waals surface area (Å²) in [6, 6.07) is 10.1. The molecule has 4 rings (SSSR count). The molecule has 1 amide bonds. The van der Waals surface area contributed by atoms with Crippen LogP contribution in [0, 0.1) is 23.0 Å². The largest absolute Gasteiger partial charge is 0.507 e. The lowest BCUT2D eigenvalue weighted by atomic mass is 9.93. The van der Waals surface area contributed by atoms with Crippen LogP contribution in [0.25, 0.3) is 5.76 Å². The summed E-state index contributed by atoms with van der Waals surface area (Å²) < 4.78 is 11.2. The molecule has 2 aliphatic rings. The van der Waals surface area contributed by atoms with E-state index in [4.69, 9.17) is 9.47 Å². The molecule has 2 aromatic rings. The molecule has 0 aliphatic carbocycles. The fraction of sp³-hybridized carbons (Fsp3) is 0.448. The van der Waals surface area contributed by atoms with Crippen molar-refractivity contribution in [2.45, 2.75) is 33.2 Å². The number of aliphatic hydroxyl groups excluding tert-OH is 1. The number of likely N-dealkylation sites (tertiary alicyclic amines) is 1. The van der Waals surface area contributed by atoms with E-state index in [1.54, 1.807) is 31.2 Å². The minimum atomic E-state index is -0.953. The van der Waals surface area contributed by atoms with Gasteiger partial charge < -0.3 is 19.5 Å². The Morgan fingerprint density at radius 2 is 1.90 bits per heavy atom. The van der Waals surface area contributed by atoms with Gasteiger partial charge in [-0.05, 0) is 48.6 Å². The van der Waals surface area contributed by atoms with E-state index in [9.17, 15) is 24.8 Å². The van der Waals surface area contributed by atoms with E-state index in [1.807, 2.05) is 13.8 Å². The predicted octanol–water partition coefficient (Wildman–Crippen LogP) is 4.08. The van der Waals surface area contributed by atoms with E-state index >= 15 is 0 Å². The number of ether oxygens (including phenoxy) is 2. The Labute approximate surface area is 228 Å². The Morgan fingerprint density at radius 3 is 2.56 bits per heavy atom. The molecular weight excluding hydrogens is 502 g/mol. The first kappa shape index (κ1) is 28.3. The summed E-state index contributed by atoms with van der Waals surface area (Å²) in [7, 11) is 0. The third kappa shape index (κ3) is 6.46. The molecule has 39 heavy (non-hydrogen) atoms. The standard InChI is InChI=1S/C29H35N3O7/c1-19(2)18-39-23-8-9-24(20(3)16-23)27(33)25-26(21-6-4-7-22(17-21)32(36)37)31(29(35)28(25)34)11-5-10-30-12-14-38-15-13-30/h4,6-9,16-17,19,26,33H,5,10-15,18H2,1-3H3/t26-/m1/s1. The second-order valence-corrected chi connectivity index (χ2v) is 10.3. The highest BCUT2D eigenvalue weighted by Gasteiger charge is 2.46. The zero-order chi connectivity index (χ0) is 28.1. The van der Waals surface area contributed by atoms with Crippen molar-refractivity contribution >= 4 is 23.1 Å². The molecule has 0 bridgehead atoms. The van der Waals surface area contributed by atoms with Gasteiger partial charge in [0.15, 0.2) is 0 Å². The summed E-state index contributed by atoms with van der Waals surface area (Å²) in [5, 5.41) is 22.9. The van der Waals surface area contributed by atoms with Crippen molar-refractivity contribution < 1.29 is 29.1 Å². The summed E-state index contributed by atoms with van der Waals surface area (Å²) in [4.78, 5) is 41.3. The minimum Gasteiger partial charge on any atom is -0.507 e. The molecule has 0 aromatic heterocycles. The number of carbonyl (C=O) groups excluding carboxylic acids is 2. The lowest BCUT2D eigenvalue weighted by Gasteiger charge is -2.29. The minimum absolute atomic E-state index is 0.0779. The van der Waals surface area contributed by atoms with Gasteiger partial charge in [-0.25, -0.2) is 0 Å². The summed E-state index contributed by atoms with van der Waals surface area (Å²) in [6.07, 6.45) is 0.597. The van der Waals surface area contributed by atoms with Crippen molar-refractivity contribution in [3.8, 4) is 5.75 Å². The second-order valence-electron chi connectivity index (χ2n) is 10.3. The molecule has 0 radical (unpaired) electrons. The number of nitro benzene ring substituents is 1. The van der Waals surface area contributed by atoms with Crippen LogP contribution in [0.5, 0.6) is 5.75 Å². The van der Waals surface area contributed by atoms with E-state index in [1.165, 1.54) is 23.1 Å². The molecule has 1 atom stereocenters. The lowest BCUT2D eigenvalue weighted by Crippen LogP contribution is -2.39. The lowest BCUT2D eigenvalue weighted by molar-refractivity contribution is -0.384. The number of Topliss-reactive ketones (excluding diaryl/α,β-unsaturated/α-hetero) is 1. The highest BCUT2D eigenvalue weighted by atomic mass is 16.6. The average molecular weight is 538 g/mol. The van der Waals surface area contributed by atoms with Gasteiger partial charge in [0, 0.05) is 43.9 Å². The first-order valence-electron chi connectivity index (χ1n) is 13.2. The SMILES string of the molecule is Cc1cc(OCC(C)C)ccc1C(O)=C1C(=O)C(=O)N(CCCN2CCOCC2)[C@@H]1c1cccc([N+](=O)[O-])c1. The highest BCUT2D eigenvalue weighted by molar-refractivity contribution is 6.46. The van der Waals surface area contributed by atoms with Gasteiger partial charge in [-0.15, -0.1) is 0 Å². The number of aryl methyl sites for hydroxylation is 1. The summed E-state index contributed by atoms with van der Waals surface area (Å²) >= 11 is 0. The number of ketones is 1. The topological polar surface area (TPSA) is 122 Å². The van der Waals surface area contributed by atoms with Crippen molar-refractivity contribution in [1.29, 1.82) is 0 Å². The van der Waals surface area contributed by atoms with Gasteiger partial charge in [0.05, 0.1) is 36.4 Å². The smallest absolute Gasteiger partial charge is 0.295 e. The van der Waals surface area contributed by atoms with Crippen LogP contribution in [-0.4, -0.2) is 77.5 Å². The van der Waals surface area contributed by atoms with Crippen LogP contribution in [0.15, 0.2) is 48.0 Å². The van der Waals surface area contributed by atoms with Crippen LogP contribution in [0.4, 0.5) is 5.69 Å². The number of morpholine rings is 1. The number of rotatable bonds is 10. The third-order valence-corrected chi connectivity index (χ3v) is 6.95. The number of hydrogen-bond acceptors (Lipinski definition) is 8. The quantitative estimate of drug-likeness (QED) is 0.158. The number of non-ortho nitro benzene ring substituents is 1. The second kappa shape index (κ2) is 12.4. The number of carbonyl (C=O) groups is 2. The van der Waals surface area contributed by atoms with Gasteiger partial charge in [-0.3, -0.25) is 24.6 Å². The third-order valence-electron chi connectivity index (χ3n) is 6.95. The molecule has 208 valence electrons. The zero-order valence-corrected chi connectivity index (χ0v) is 22.6. The zero-order valence-electron chi connectivity index (χ0n) is 22.6. The molecule has 2 aromatic carbocycles. The van der Waals surface area contributed by atoms with Crippen LogP contribution in [0.1, 0.15) is 43.0 Å². The molecule has 0 spiro atoms. The van der Waals surface area contributed by atoms with Gasteiger partial charge >= 0.3 is 0 Å². The van der Waals surface area contributed by atoms with Gasteiger partial charge in [0.25, 0.3) is 17.4 Å². The van der Waals surface area contributed by atoms with Gasteiger partial charge in [0.1, 0.15) is 11.5 Å². The molecular formula is C29H35N3O7. The first-order valence-corrected chi connectivity index (χ1v) is 13.2. The van der Waals surface area contributed by atoms with Crippen molar-refractivity contribution in [3.63, 3.8) is 0 Å². The molecule has 2 fully saturated rings. The normalized spacial score (nSPS) is 19.6. The van der Waals surface area contributed by atoms with Crippen molar-refractivity contribution in [3.05, 3.63) is 74.8 Å². The van der Waals surface area contributed by atoms with E-state index in [0.29, 0.717) is 61.1 Å². The fourth-order valence-electron chi connectivity index (χ4n) is 4.95. The predicted molar refractivity (Wildman–Crippen MR) is 145 cm³/mol. The Morgan fingerprint density at radius 1 is 1.15 bits per heavy atom. The van der Waals surface area contributed by atoms with Crippen LogP contribution >= 0.6 is 0 Å². The van der Waals surface area contributed by atoms with Crippen LogP contribution in [-0.2, 0) is 14.3 Å². The maximum atomic E-state index is 13.4. The van der Waals surface area contributed by atoms with E-state index in [2.05, 4.69) is 4.90 Å². The Hall–Kier alpha value is -3.76. The molecule has 2 heterocycles. The molecule has 0 saturated carbocycles. The Balaban J connectivity index is 1.70. The number of amides is 1. The van der Waals surface area contributed by atoms with E-state index < -0.39 is 22.7 Å². The number of aliphatic hydroxyl groups is 1. The van der Waals surface area contributed by atoms with Crippen LogP contribution in [0.3, 0.4) is 0 Å². The van der Waals surface area contributed by atoms with Gasteiger partial charge in [0.2, 0.25) is 0 Å². The molecule has 10 heteroatoms. The summed E-state index contributed by atoms with van der Waals surface area (Å²) in [5.74, 6) is -0.878. The van der Waals surface area contributed by atoms with Gasteiger partial charge in [-0.1, -0.05) is 26.0 Å². The van der Waals surface area contributed by atoms with E-state index in [-0.39, 0.29) is 23.6 Å². The molecule has 0 unspecified atom stereocenters. The van der Waals surface area contributed by atoms with Crippen molar-refractivity contribution in [1.82, 2.24) is 9.80 Å². The molecule has 2 saturated heterocycles. The molecule has 10 nitrogen and oxygen atoms in total. The molecule has 1 N–H and O–H groups in total. The fourth-order valence-corrected chi connectivity index (χ4v) is 4.95. The monoisotopic (exact) mass is 537 g/mol. The van der Waals surface area contributed by atoms with Crippen molar-refractivity contribution in [2.24, 2.45) is 5.92 Å². The maximum absolute atomic E-state index is 13.4. The van der Waals surface area contributed by atoms with Crippen molar-refractivity contribution in [2.75, 3.05) is 46.0 Å². The maximum Gasteiger partial charge on any atom is 0.295 e. The Bertz CT molecular complexity index is 1270. The number of benzene rings is 2. The highest BCUT2D eigenvalue weighted by Crippen LogP contribution is 2.41. The molecule has 2 aliphatic heterocycles. The number of nitro groups is 1. The number of hydrogen-bond donors (Lipinski definition) is 1.